The maximum atomic E-state index is 12.0. The lowest BCUT2D eigenvalue weighted by Gasteiger charge is -2.34. The number of hydrogen-bond acceptors (Lipinski definition) is 3. The number of urea groups is 1. The third kappa shape index (κ3) is 2.31. The van der Waals surface area contributed by atoms with Crippen molar-refractivity contribution in [2.45, 2.75) is 18.8 Å². The van der Waals surface area contributed by atoms with E-state index >= 15 is 0 Å². The van der Waals surface area contributed by atoms with Crippen molar-refractivity contribution in [3.63, 3.8) is 0 Å². The molecule has 1 aromatic carbocycles. The van der Waals surface area contributed by atoms with E-state index in [1.165, 1.54) is 4.90 Å². The predicted octanol–water partition coefficient (Wildman–Crippen LogP) is -0.0461. The molecule has 1 aromatic rings. The van der Waals surface area contributed by atoms with Crippen LogP contribution in [-0.2, 0) is 11.3 Å². The zero-order valence-electron chi connectivity index (χ0n) is 11.9. The molecule has 0 aromatic heterocycles. The molecular formula is C14H17N5O2. The molecule has 7 nitrogen and oxygen atoms in total. The number of hydrogen-bond donors (Lipinski definition) is 2. The molecule has 2 N–H and O–H groups in total. The average Bonchev–Trinajstić information content (AvgIpc) is 2.81. The Morgan fingerprint density at radius 3 is 2.57 bits per heavy atom. The quantitative estimate of drug-likeness (QED) is 0.800. The lowest BCUT2D eigenvalue weighted by atomic mass is 10.1. The van der Waals surface area contributed by atoms with E-state index in [9.17, 15) is 9.59 Å². The van der Waals surface area contributed by atoms with Crippen LogP contribution in [0.25, 0.3) is 0 Å². The number of rotatable bonds is 2. The Bertz CT molecular complexity index is 601. The minimum atomic E-state index is -0.456. The first-order valence-corrected chi connectivity index (χ1v) is 6.73. The van der Waals surface area contributed by atoms with Crippen molar-refractivity contribution >= 4 is 17.9 Å². The van der Waals surface area contributed by atoms with Gasteiger partial charge in [0.25, 0.3) is 5.91 Å². The van der Waals surface area contributed by atoms with Gasteiger partial charge in [-0.25, -0.2) is 9.79 Å². The molecule has 2 saturated heterocycles. The second kappa shape index (κ2) is 5.08. The standard InChI is InChI=1S/C14H17N5O2/c1-18-10-11(19(2)14(21)17-12(10)20)16-13(18)15-8-9-6-4-3-5-7-9/h3-7,10-11H,8H2,1-2H3,(H,15,16)(H,17,20,21). The molecule has 0 bridgehead atoms. The molecule has 0 spiro atoms. The number of nitrogens with one attached hydrogen (secondary N) is 2. The molecule has 110 valence electrons. The molecule has 3 rings (SSSR count). The number of amides is 3. The Morgan fingerprint density at radius 2 is 1.86 bits per heavy atom. The van der Waals surface area contributed by atoms with Gasteiger partial charge in [-0.3, -0.25) is 10.1 Å². The van der Waals surface area contributed by atoms with Crippen molar-refractivity contribution < 1.29 is 9.59 Å². The molecule has 2 aliphatic rings. The number of benzene rings is 1. The van der Waals surface area contributed by atoms with Crippen molar-refractivity contribution in [1.82, 2.24) is 20.4 Å². The van der Waals surface area contributed by atoms with Gasteiger partial charge in [0.2, 0.25) is 0 Å². The SMILES string of the molecule is CN1C(=O)NC(=O)C2C1NC(=NCc1ccccc1)N2C. The van der Waals surface area contributed by atoms with E-state index in [1.807, 2.05) is 30.3 Å². The fraction of sp³-hybridized carbons (Fsp3) is 0.357. The number of carbonyl (C=O) groups is 2. The molecule has 7 heteroatoms. The molecule has 2 atom stereocenters. The average molecular weight is 287 g/mol. The van der Waals surface area contributed by atoms with Gasteiger partial charge in [0.1, 0.15) is 12.2 Å². The topological polar surface area (TPSA) is 77.0 Å². The smallest absolute Gasteiger partial charge is 0.325 e. The Morgan fingerprint density at radius 1 is 1.14 bits per heavy atom. The van der Waals surface area contributed by atoms with Gasteiger partial charge >= 0.3 is 6.03 Å². The van der Waals surface area contributed by atoms with E-state index in [-0.39, 0.29) is 12.1 Å². The van der Waals surface area contributed by atoms with Crippen LogP contribution in [0.4, 0.5) is 4.79 Å². The summed E-state index contributed by atoms with van der Waals surface area (Å²) in [5.74, 6) is 0.313. The van der Waals surface area contributed by atoms with Crippen molar-refractivity contribution in [3.05, 3.63) is 35.9 Å². The van der Waals surface area contributed by atoms with E-state index in [1.54, 1.807) is 19.0 Å². The van der Waals surface area contributed by atoms with E-state index < -0.39 is 12.1 Å². The summed E-state index contributed by atoms with van der Waals surface area (Å²) in [6, 6.07) is 9.01. The van der Waals surface area contributed by atoms with Crippen molar-refractivity contribution in [1.29, 1.82) is 0 Å². The third-order valence-electron chi connectivity index (χ3n) is 3.82. The van der Waals surface area contributed by atoms with Crippen LogP contribution in [0.3, 0.4) is 0 Å². The van der Waals surface area contributed by atoms with Crippen LogP contribution < -0.4 is 10.6 Å². The molecule has 2 aliphatic heterocycles. The summed E-state index contributed by atoms with van der Waals surface area (Å²) in [5.41, 5.74) is 1.09. The maximum Gasteiger partial charge on any atom is 0.325 e. The van der Waals surface area contributed by atoms with Crippen molar-refractivity contribution in [2.24, 2.45) is 4.99 Å². The van der Waals surface area contributed by atoms with Gasteiger partial charge < -0.3 is 15.1 Å². The number of imide groups is 1. The number of guanidine groups is 1. The van der Waals surface area contributed by atoms with Gasteiger partial charge in [-0.05, 0) is 5.56 Å². The van der Waals surface area contributed by atoms with Crippen LogP contribution >= 0.6 is 0 Å². The lowest BCUT2D eigenvalue weighted by molar-refractivity contribution is -0.126. The molecule has 2 heterocycles. The molecule has 21 heavy (non-hydrogen) atoms. The highest BCUT2D eigenvalue weighted by Gasteiger charge is 2.48. The lowest BCUT2D eigenvalue weighted by Crippen LogP contribution is -2.64. The van der Waals surface area contributed by atoms with Crippen molar-refractivity contribution in [3.8, 4) is 0 Å². The van der Waals surface area contributed by atoms with Gasteiger partial charge in [-0.1, -0.05) is 30.3 Å². The summed E-state index contributed by atoms with van der Waals surface area (Å²) in [6.07, 6.45) is -0.384. The molecule has 2 fully saturated rings. The Labute approximate surface area is 122 Å². The Hall–Kier alpha value is -2.57. The van der Waals surface area contributed by atoms with Crippen molar-refractivity contribution in [2.75, 3.05) is 14.1 Å². The van der Waals surface area contributed by atoms with Crippen LogP contribution in [0.5, 0.6) is 0 Å². The summed E-state index contributed by atoms with van der Waals surface area (Å²) in [6.45, 7) is 0.520. The minimum absolute atomic E-state index is 0.303. The van der Waals surface area contributed by atoms with Crippen LogP contribution in [0, 0.1) is 0 Å². The summed E-state index contributed by atoms with van der Waals surface area (Å²) >= 11 is 0. The molecule has 2 unspecified atom stereocenters. The van der Waals surface area contributed by atoms with Crippen LogP contribution in [-0.4, -0.2) is 54.0 Å². The number of aliphatic imine (C=N–C) groups is 1. The third-order valence-corrected chi connectivity index (χ3v) is 3.82. The molecular weight excluding hydrogens is 270 g/mol. The zero-order valence-corrected chi connectivity index (χ0v) is 11.9. The maximum absolute atomic E-state index is 12.0. The fourth-order valence-electron chi connectivity index (χ4n) is 2.59. The van der Waals surface area contributed by atoms with Gasteiger partial charge in [0.15, 0.2) is 5.96 Å². The van der Waals surface area contributed by atoms with Crippen LogP contribution in [0.15, 0.2) is 35.3 Å². The van der Waals surface area contributed by atoms with E-state index in [0.29, 0.717) is 12.5 Å². The number of likely N-dealkylation sites (N-methyl/N-ethyl adjacent to an activating group) is 2. The Kier molecular flexibility index (Phi) is 3.25. The second-order valence-corrected chi connectivity index (χ2v) is 5.18. The van der Waals surface area contributed by atoms with Gasteiger partial charge in [0.05, 0.1) is 6.54 Å². The highest BCUT2D eigenvalue weighted by Crippen LogP contribution is 2.18. The Balaban J connectivity index is 1.80. The van der Waals surface area contributed by atoms with Gasteiger partial charge in [-0.15, -0.1) is 0 Å². The summed E-state index contributed by atoms with van der Waals surface area (Å²) in [5, 5.41) is 5.48. The number of fused-ring (bicyclic) bond motifs is 1. The minimum Gasteiger partial charge on any atom is -0.334 e. The first-order valence-electron chi connectivity index (χ1n) is 6.73. The number of nitrogens with zero attached hydrogens (tertiary/aromatic N) is 3. The van der Waals surface area contributed by atoms with Gasteiger partial charge in [0, 0.05) is 14.1 Å². The summed E-state index contributed by atoms with van der Waals surface area (Å²) in [4.78, 5) is 31.4. The molecule has 3 amide bonds. The number of carbonyl (C=O) groups excluding carboxylic acids is 2. The van der Waals surface area contributed by atoms with E-state index in [2.05, 4.69) is 15.6 Å². The summed E-state index contributed by atoms with van der Waals surface area (Å²) in [7, 11) is 3.45. The highest BCUT2D eigenvalue weighted by molar-refractivity contribution is 6.04. The molecule has 0 aliphatic carbocycles. The van der Waals surface area contributed by atoms with E-state index in [4.69, 9.17) is 0 Å². The normalized spacial score (nSPS) is 26.7. The predicted molar refractivity (Wildman–Crippen MR) is 77.4 cm³/mol. The zero-order chi connectivity index (χ0) is 15.0. The first kappa shape index (κ1) is 13.4. The summed E-state index contributed by atoms with van der Waals surface area (Å²) < 4.78 is 0. The first-order chi connectivity index (χ1) is 10.1. The van der Waals surface area contributed by atoms with Crippen LogP contribution in [0.2, 0.25) is 0 Å². The van der Waals surface area contributed by atoms with Crippen LogP contribution in [0.1, 0.15) is 5.56 Å². The van der Waals surface area contributed by atoms with Gasteiger partial charge in [-0.2, -0.15) is 0 Å². The molecule has 0 radical (unpaired) electrons. The largest absolute Gasteiger partial charge is 0.334 e. The fourth-order valence-corrected chi connectivity index (χ4v) is 2.59. The molecule has 0 saturated carbocycles. The monoisotopic (exact) mass is 287 g/mol. The highest BCUT2D eigenvalue weighted by atomic mass is 16.2. The second-order valence-electron chi connectivity index (χ2n) is 5.18. The van der Waals surface area contributed by atoms with E-state index in [0.717, 1.165) is 5.56 Å².